The Morgan fingerprint density at radius 1 is 0.854 bits per heavy atom. The number of nitrogens with zero attached hydrogens (tertiary/aromatic N) is 1. The molecule has 4 aromatic rings. The van der Waals surface area contributed by atoms with E-state index < -0.39 is 38.3 Å². The van der Waals surface area contributed by atoms with Crippen LogP contribution in [0.25, 0.3) is 0 Å². The summed E-state index contributed by atoms with van der Waals surface area (Å²) in [6.07, 6.45) is 0. The molecule has 0 unspecified atom stereocenters. The first-order valence-corrected chi connectivity index (χ1v) is 15.4. The summed E-state index contributed by atoms with van der Waals surface area (Å²) < 4.78 is 74.3. The van der Waals surface area contributed by atoms with E-state index in [4.69, 9.17) is 27.9 Å². The molecule has 0 aliphatic heterocycles. The smallest absolute Gasteiger partial charge is 0.264 e. The van der Waals surface area contributed by atoms with E-state index in [1.54, 1.807) is 0 Å². The van der Waals surface area contributed by atoms with Gasteiger partial charge in [0.25, 0.3) is 20.0 Å². The Bertz CT molecular complexity index is 1770. The highest BCUT2D eigenvalue weighted by atomic mass is 35.5. The topological polar surface area (TPSA) is 122 Å². The lowest BCUT2D eigenvalue weighted by Crippen LogP contribution is -2.38. The van der Waals surface area contributed by atoms with E-state index in [0.717, 1.165) is 28.6 Å². The molecule has 4 rings (SSSR count). The second-order valence-corrected chi connectivity index (χ2v) is 12.8. The molecule has 0 spiro atoms. The van der Waals surface area contributed by atoms with Crippen LogP contribution in [-0.2, 0) is 24.8 Å². The molecule has 0 saturated heterocycles. The van der Waals surface area contributed by atoms with Crippen molar-refractivity contribution in [1.82, 2.24) is 0 Å². The summed E-state index contributed by atoms with van der Waals surface area (Å²) in [7, 11) is -6.87. The minimum absolute atomic E-state index is 0.0404. The van der Waals surface area contributed by atoms with Gasteiger partial charge in [-0.2, -0.15) is 0 Å². The van der Waals surface area contributed by atoms with Crippen LogP contribution in [0.15, 0.2) is 101 Å². The van der Waals surface area contributed by atoms with Crippen molar-refractivity contribution in [1.29, 1.82) is 0 Å². The number of carbonyl (C=O) groups is 1. The van der Waals surface area contributed by atoms with Gasteiger partial charge in [0.15, 0.2) is 0 Å². The zero-order valence-electron chi connectivity index (χ0n) is 21.2. The number of carbonyl (C=O) groups excluding carboxylic acids is 1. The van der Waals surface area contributed by atoms with Crippen LogP contribution in [-0.4, -0.2) is 36.4 Å². The number of benzene rings is 4. The van der Waals surface area contributed by atoms with Crippen LogP contribution in [0.1, 0.15) is 0 Å². The van der Waals surface area contributed by atoms with Crippen molar-refractivity contribution in [3.63, 3.8) is 0 Å². The highest BCUT2D eigenvalue weighted by Gasteiger charge is 2.27. The van der Waals surface area contributed by atoms with Crippen LogP contribution >= 0.6 is 23.2 Å². The molecule has 0 atom stereocenters. The monoisotopic (exact) mass is 637 g/mol. The van der Waals surface area contributed by atoms with E-state index in [1.807, 2.05) is 0 Å². The third kappa shape index (κ3) is 7.09. The van der Waals surface area contributed by atoms with Gasteiger partial charge in [0.1, 0.15) is 18.1 Å². The van der Waals surface area contributed by atoms with Crippen molar-refractivity contribution in [2.24, 2.45) is 0 Å². The minimum Gasteiger partial charge on any atom is -0.497 e. The average molecular weight is 639 g/mol. The number of hydrogen-bond donors (Lipinski definition) is 2. The van der Waals surface area contributed by atoms with Gasteiger partial charge >= 0.3 is 0 Å². The largest absolute Gasteiger partial charge is 0.497 e. The molecule has 4 aromatic carbocycles. The predicted molar refractivity (Wildman–Crippen MR) is 156 cm³/mol. The fourth-order valence-electron chi connectivity index (χ4n) is 3.63. The van der Waals surface area contributed by atoms with Gasteiger partial charge in [-0.05, 0) is 84.9 Å². The molecule has 0 aliphatic carbocycles. The lowest BCUT2D eigenvalue weighted by atomic mass is 10.3. The standard InChI is InChI=1S/C27H22Cl2FN3O6S2/c1-39-21-11-9-20(10-12-21)33(41(37,38)23-13-5-18(30)6-14-23)17-26(34)31-19-7-15-22(16-8-19)40(35,36)32-25-4-2-3-24(28)27(25)29/h2-16,32H,17H2,1H3,(H,31,34). The zero-order valence-corrected chi connectivity index (χ0v) is 24.4. The van der Waals surface area contributed by atoms with Gasteiger partial charge in [-0.25, -0.2) is 21.2 Å². The number of nitrogens with one attached hydrogen (secondary N) is 2. The maximum Gasteiger partial charge on any atom is 0.264 e. The molecule has 0 saturated carbocycles. The second kappa shape index (κ2) is 12.4. The van der Waals surface area contributed by atoms with Gasteiger partial charge in [0, 0.05) is 5.69 Å². The summed E-state index contributed by atoms with van der Waals surface area (Å²) in [4.78, 5) is 12.6. The first-order valence-electron chi connectivity index (χ1n) is 11.7. The van der Waals surface area contributed by atoms with Gasteiger partial charge in [0.2, 0.25) is 5.91 Å². The molecule has 0 bridgehead atoms. The quantitative estimate of drug-likeness (QED) is 0.227. The Hall–Kier alpha value is -3.84. The highest BCUT2D eigenvalue weighted by Crippen LogP contribution is 2.31. The summed E-state index contributed by atoms with van der Waals surface area (Å²) >= 11 is 12.0. The molecule has 0 aliphatic rings. The average Bonchev–Trinajstić information content (AvgIpc) is 2.95. The molecule has 214 valence electrons. The summed E-state index contributed by atoms with van der Waals surface area (Å²) in [5, 5.41) is 2.78. The van der Waals surface area contributed by atoms with Gasteiger partial charge in [-0.15, -0.1) is 0 Å². The van der Waals surface area contributed by atoms with Crippen molar-refractivity contribution < 1.29 is 30.8 Å². The maximum atomic E-state index is 13.4. The van der Waals surface area contributed by atoms with E-state index in [9.17, 15) is 26.0 Å². The Morgan fingerprint density at radius 3 is 2.07 bits per heavy atom. The lowest BCUT2D eigenvalue weighted by Gasteiger charge is -2.24. The Labute approximate surface area is 246 Å². The lowest BCUT2D eigenvalue weighted by molar-refractivity contribution is -0.114. The number of halogens is 3. The van der Waals surface area contributed by atoms with Crippen molar-refractivity contribution in [2.75, 3.05) is 28.0 Å². The molecule has 0 aromatic heterocycles. The van der Waals surface area contributed by atoms with Crippen LogP contribution in [0.2, 0.25) is 10.0 Å². The molecule has 9 nitrogen and oxygen atoms in total. The van der Waals surface area contributed by atoms with Crippen molar-refractivity contribution >= 4 is 66.2 Å². The van der Waals surface area contributed by atoms with Gasteiger partial charge in [-0.3, -0.25) is 13.8 Å². The van der Waals surface area contributed by atoms with Crippen molar-refractivity contribution in [2.45, 2.75) is 9.79 Å². The number of methoxy groups -OCH3 is 1. The van der Waals surface area contributed by atoms with Gasteiger partial charge < -0.3 is 10.1 Å². The third-order valence-electron chi connectivity index (χ3n) is 5.69. The number of hydrogen-bond acceptors (Lipinski definition) is 6. The fourth-order valence-corrected chi connectivity index (χ4v) is 6.53. The highest BCUT2D eigenvalue weighted by molar-refractivity contribution is 7.93. The third-order valence-corrected chi connectivity index (χ3v) is 9.68. The van der Waals surface area contributed by atoms with Gasteiger partial charge in [-0.1, -0.05) is 29.3 Å². The fraction of sp³-hybridized carbons (Fsp3) is 0.0741. The summed E-state index contributed by atoms with van der Waals surface area (Å²) in [6, 6.07) is 19.9. The maximum absolute atomic E-state index is 13.4. The molecular weight excluding hydrogens is 616 g/mol. The van der Waals surface area contributed by atoms with E-state index in [2.05, 4.69) is 10.0 Å². The van der Waals surface area contributed by atoms with Crippen LogP contribution in [0, 0.1) is 5.82 Å². The van der Waals surface area contributed by atoms with Crippen LogP contribution in [0.4, 0.5) is 21.5 Å². The first kappa shape index (κ1) is 30.1. The summed E-state index contributed by atoms with van der Waals surface area (Å²) in [6.45, 7) is -0.638. The molecule has 0 heterocycles. The molecule has 0 fully saturated rings. The van der Waals surface area contributed by atoms with Gasteiger partial charge in [0.05, 0.1) is 38.3 Å². The Kier molecular flexibility index (Phi) is 9.08. The van der Waals surface area contributed by atoms with E-state index in [-0.39, 0.29) is 36.9 Å². The zero-order chi connectivity index (χ0) is 29.8. The van der Waals surface area contributed by atoms with Crippen LogP contribution < -0.4 is 19.1 Å². The molecule has 1 amide bonds. The SMILES string of the molecule is COc1ccc(N(CC(=O)Nc2ccc(S(=O)(=O)Nc3cccc(Cl)c3Cl)cc2)S(=O)(=O)c2ccc(F)cc2)cc1. The molecule has 41 heavy (non-hydrogen) atoms. The second-order valence-electron chi connectivity index (χ2n) is 8.44. The normalized spacial score (nSPS) is 11.5. The number of amides is 1. The number of rotatable bonds is 10. The Balaban J connectivity index is 1.54. The first-order chi connectivity index (χ1) is 19.4. The van der Waals surface area contributed by atoms with Crippen LogP contribution in [0.5, 0.6) is 5.75 Å². The molecule has 14 heteroatoms. The number of ether oxygens (including phenoxy) is 1. The van der Waals surface area contributed by atoms with Crippen molar-refractivity contribution in [3.05, 3.63) is 107 Å². The predicted octanol–water partition coefficient (Wildman–Crippen LogP) is 5.78. The molecular formula is C27H22Cl2FN3O6S2. The summed E-state index contributed by atoms with van der Waals surface area (Å²) in [5.74, 6) is -0.862. The van der Waals surface area contributed by atoms with Crippen LogP contribution in [0.3, 0.4) is 0 Å². The van der Waals surface area contributed by atoms with Crippen molar-refractivity contribution in [3.8, 4) is 5.75 Å². The molecule has 0 radical (unpaired) electrons. The minimum atomic E-state index is -4.28. The van der Waals surface area contributed by atoms with E-state index >= 15 is 0 Å². The Morgan fingerprint density at radius 2 is 1.46 bits per heavy atom. The number of sulfonamides is 2. The molecule has 2 N–H and O–H groups in total. The van der Waals surface area contributed by atoms with E-state index in [1.165, 1.54) is 73.8 Å². The van der Waals surface area contributed by atoms with E-state index in [0.29, 0.717) is 5.75 Å². The number of anilines is 3. The summed E-state index contributed by atoms with van der Waals surface area (Å²) in [5.41, 5.74) is 0.471.